The predicted molar refractivity (Wildman–Crippen MR) is 93.5 cm³/mol. The highest BCUT2D eigenvalue weighted by molar-refractivity contribution is 9.10. The van der Waals surface area contributed by atoms with E-state index in [1.54, 1.807) is 6.20 Å². The number of hydrogen-bond acceptors (Lipinski definition) is 2. The Hall–Kier alpha value is -0.410. The summed E-state index contributed by atoms with van der Waals surface area (Å²) in [5.74, 6) is 0. The largest absolute Gasteiger partial charge is 0.393 e. The number of rotatable bonds is 12. The summed E-state index contributed by atoms with van der Waals surface area (Å²) in [6.07, 6.45) is 16.9. The number of hydrogen-bond donors (Lipinski definition) is 1. The van der Waals surface area contributed by atoms with Gasteiger partial charge in [0.25, 0.3) is 0 Å². The maximum Gasteiger partial charge on any atom is 0.0581 e. The second-order valence-corrected chi connectivity index (χ2v) is 6.90. The Labute approximate surface area is 138 Å². The lowest BCUT2D eigenvalue weighted by Gasteiger charge is -2.10. The van der Waals surface area contributed by atoms with Gasteiger partial charge in [-0.25, -0.2) is 0 Å². The second kappa shape index (κ2) is 12.2. The summed E-state index contributed by atoms with van der Waals surface area (Å²) in [7, 11) is 0. The van der Waals surface area contributed by atoms with Crippen LogP contribution in [0.25, 0.3) is 0 Å². The third kappa shape index (κ3) is 10.0. The Morgan fingerprint density at radius 2 is 1.62 bits per heavy atom. The number of halogens is 1. The zero-order chi connectivity index (χ0) is 15.3. The van der Waals surface area contributed by atoms with Crippen molar-refractivity contribution in [2.75, 3.05) is 0 Å². The lowest BCUT2D eigenvalue weighted by atomic mass is 10.0. The van der Waals surface area contributed by atoms with Crippen LogP contribution in [-0.2, 0) is 6.42 Å². The zero-order valence-electron chi connectivity index (χ0n) is 13.4. The third-order valence-corrected chi connectivity index (χ3v) is 4.31. The Bertz CT molecular complexity index is 370. The molecule has 0 aliphatic rings. The van der Waals surface area contributed by atoms with Gasteiger partial charge in [-0.1, -0.05) is 64.7 Å². The highest BCUT2D eigenvalue weighted by Crippen LogP contribution is 2.15. The molecule has 0 fully saturated rings. The average molecular weight is 356 g/mol. The van der Waals surface area contributed by atoms with Crippen LogP contribution in [-0.4, -0.2) is 16.2 Å². The first-order valence-corrected chi connectivity index (χ1v) is 9.29. The molecule has 0 aromatic carbocycles. The van der Waals surface area contributed by atoms with Crippen molar-refractivity contribution in [1.29, 1.82) is 0 Å². The van der Waals surface area contributed by atoms with Crippen LogP contribution in [0.5, 0.6) is 0 Å². The molecule has 0 saturated heterocycles. The third-order valence-electron chi connectivity index (χ3n) is 3.87. The summed E-state index contributed by atoms with van der Waals surface area (Å²) < 4.78 is 0.982. The van der Waals surface area contributed by atoms with E-state index >= 15 is 0 Å². The van der Waals surface area contributed by atoms with Gasteiger partial charge in [0.1, 0.15) is 0 Å². The highest BCUT2D eigenvalue weighted by atomic mass is 79.9. The molecule has 0 radical (unpaired) electrons. The summed E-state index contributed by atoms with van der Waals surface area (Å²) in [6.45, 7) is 2.26. The fourth-order valence-electron chi connectivity index (χ4n) is 2.63. The van der Waals surface area contributed by atoms with Crippen molar-refractivity contribution in [1.82, 2.24) is 4.98 Å². The van der Waals surface area contributed by atoms with Gasteiger partial charge in [-0.05, 0) is 40.4 Å². The molecular weight excluding hydrogens is 326 g/mol. The molecule has 1 heterocycles. The molecule has 0 saturated carbocycles. The fourth-order valence-corrected chi connectivity index (χ4v) is 3.04. The van der Waals surface area contributed by atoms with Crippen LogP contribution in [0, 0.1) is 0 Å². The van der Waals surface area contributed by atoms with Crippen LogP contribution in [0.1, 0.15) is 76.7 Å². The van der Waals surface area contributed by atoms with Gasteiger partial charge >= 0.3 is 0 Å². The van der Waals surface area contributed by atoms with Gasteiger partial charge in [-0.15, -0.1) is 0 Å². The minimum Gasteiger partial charge on any atom is -0.393 e. The van der Waals surface area contributed by atoms with Crippen LogP contribution in [0.3, 0.4) is 0 Å². The van der Waals surface area contributed by atoms with E-state index in [9.17, 15) is 5.11 Å². The molecule has 3 heteroatoms. The fraction of sp³-hybridized carbons (Fsp3) is 0.722. The van der Waals surface area contributed by atoms with Crippen LogP contribution in [0.2, 0.25) is 0 Å². The molecule has 2 nitrogen and oxygen atoms in total. The van der Waals surface area contributed by atoms with Crippen LogP contribution >= 0.6 is 15.9 Å². The maximum atomic E-state index is 10.1. The summed E-state index contributed by atoms with van der Waals surface area (Å²) in [6, 6.07) is 2.03. The van der Waals surface area contributed by atoms with Crippen molar-refractivity contribution in [2.45, 2.75) is 83.7 Å². The van der Waals surface area contributed by atoms with E-state index in [1.807, 2.05) is 12.3 Å². The lowest BCUT2D eigenvalue weighted by Crippen LogP contribution is -2.10. The molecule has 0 spiro atoms. The van der Waals surface area contributed by atoms with Gasteiger partial charge in [0, 0.05) is 16.9 Å². The first-order chi connectivity index (χ1) is 10.2. The first-order valence-electron chi connectivity index (χ1n) is 8.50. The van der Waals surface area contributed by atoms with Crippen molar-refractivity contribution >= 4 is 15.9 Å². The van der Waals surface area contributed by atoms with Crippen molar-refractivity contribution in [3.8, 4) is 0 Å². The number of unbranched alkanes of at least 4 members (excludes halogenated alkanes) is 8. The van der Waals surface area contributed by atoms with Crippen molar-refractivity contribution in [2.24, 2.45) is 0 Å². The first kappa shape index (κ1) is 18.6. The topological polar surface area (TPSA) is 33.1 Å². The number of aromatic nitrogens is 1. The van der Waals surface area contributed by atoms with E-state index in [4.69, 9.17) is 0 Å². The molecule has 1 rings (SSSR count). The van der Waals surface area contributed by atoms with Gasteiger partial charge in [0.05, 0.1) is 6.10 Å². The standard InChI is InChI=1S/C18H30BrNO/c1-2-3-4-5-6-7-8-9-10-11-18(21)13-16-12-17(19)15-20-14-16/h12,14-15,18,21H,2-11,13H2,1H3. The minimum atomic E-state index is -0.231. The van der Waals surface area contributed by atoms with Gasteiger partial charge in [-0.3, -0.25) is 4.98 Å². The monoisotopic (exact) mass is 355 g/mol. The van der Waals surface area contributed by atoms with Gasteiger partial charge in [0.2, 0.25) is 0 Å². The zero-order valence-corrected chi connectivity index (χ0v) is 14.9. The van der Waals surface area contributed by atoms with Gasteiger partial charge in [-0.2, -0.15) is 0 Å². The summed E-state index contributed by atoms with van der Waals surface area (Å²) in [5, 5.41) is 10.1. The molecule has 1 atom stereocenters. The predicted octanol–water partition coefficient (Wildman–Crippen LogP) is 5.67. The summed E-state index contributed by atoms with van der Waals surface area (Å²) in [4.78, 5) is 4.13. The molecule has 1 aromatic rings. The van der Waals surface area contributed by atoms with E-state index in [0.29, 0.717) is 6.42 Å². The lowest BCUT2D eigenvalue weighted by molar-refractivity contribution is 0.160. The van der Waals surface area contributed by atoms with E-state index < -0.39 is 0 Å². The Morgan fingerprint density at radius 3 is 2.24 bits per heavy atom. The Morgan fingerprint density at radius 1 is 1.00 bits per heavy atom. The summed E-state index contributed by atoms with van der Waals surface area (Å²) in [5.41, 5.74) is 1.10. The summed E-state index contributed by atoms with van der Waals surface area (Å²) >= 11 is 3.41. The molecule has 0 aliphatic heterocycles. The quantitative estimate of drug-likeness (QED) is 0.490. The normalized spacial score (nSPS) is 12.5. The van der Waals surface area contributed by atoms with Crippen molar-refractivity contribution in [3.63, 3.8) is 0 Å². The average Bonchev–Trinajstić information content (AvgIpc) is 2.45. The van der Waals surface area contributed by atoms with Crippen LogP contribution in [0.15, 0.2) is 22.9 Å². The molecule has 1 unspecified atom stereocenters. The number of aliphatic hydroxyl groups is 1. The number of pyridine rings is 1. The molecule has 1 N–H and O–H groups in total. The van der Waals surface area contributed by atoms with Crippen molar-refractivity contribution in [3.05, 3.63) is 28.5 Å². The van der Waals surface area contributed by atoms with Gasteiger partial charge in [0.15, 0.2) is 0 Å². The molecule has 21 heavy (non-hydrogen) atoms. The smallest absolute Gasteiger partial charge is 0.0581 e. The van der Waals surface area contributed by atoms with Crippen LogP contribution < -0.4 is 0 Å². The minimum absolute atomic E-state index is 0.231. The van der Waals surface area contributed by atoms with Crippen LogP contribution in [0.4, 0.5) is 0 Å². The molecule has 0 amide bonds. The molecule has 120 valence electrons. The molecular formula is C18H30BrNO. The SMILES string of the molecule is CCCCCCCCCCCC(O)Cc1cncc(Br)c1. The maximum absolute atomic E-state index is 10.1. The molecule has 1 aromatic heterocycles. The van der Waals surface area contributed by atoms with Gasteiger partial charge < -0.3 is 5.11 Å². The Kier molecular flexibility index (Phi) is 10.8. The highest BCUT2D eigenvalue weighted by Gasteiger charge is 2.06. The van der Waals surface area contributed by atoms with E-state index in [2.05, 4.69) is 27.8 Å². The van der Waals surface area contributed by atoms with E-state index in [-0.39, 0.29) is 6.10 Å². The van der Waals surface area contributed by atoms with E-state index in [0.717, 1.165) is 22.9 Å². The molecule has 0 bridgehead atoms. The van der Waals surface area contributed by atoms with Crippen molar-refractivity contribution < 1.29 is 5.11 Å². The number of aliphatic hydroxyl groups excluding tert-OH is 1. The molecule has 0 aliphatic carbocycles. The number of nitrogens with zero attached hydrogens (tertiary/aromatic N) is 1. The van der Waals surface area contributed by atoms with E-state index in [1.165, 1.54) is 51.4 Å². The Balaban J connectivity index is 1.97. The second-order valence-electron chi connectivity index (χ2n) is 5.99.